The SMILES string of the molecule is COc1cccc2c1CN(CC(=O)N1C=COC(C3=CC=CC(c4ccccc4)C3)=C1)CC2. The van der Waals surface area contributed by atoms with E-state index >= 15 is 0 Å². The van der Waals surface area contributed by atoms with Crippen molar-refractivity contribution in [2.24, 2.45) is 0 Å². The fourth-order valence-electron chi connectivity index (χ4n) is 4.68. The van der Waals surface area contributed by atoms with Crippen molar-refractivity contribution >= 4 is 5.91 Å². The highest BCUT2D eigenvalue weighted by Gasteiger charge is 2.25. The molecule has 1 unspecified atom stereocenters. The molecule has 2 aliphatic heterocycles. The van der Waals surface area contributed by atoms with Gasteiger partial charge in [0.05, 0.1) is 19.9 Å². The van der Waals surface area contributed by atoms with Gasteiger partial charge in [-0.05, 0) is 35.6 Å². The predicted molar refractivity (Wildman–Crippen MR) is 128 cm³/mol. The predicted octanol–water partition coefficient (Wildman–Crippen LogP) is 4.89. The number of carbonyl (C=O) groups excluding carboxylic acids is 1. The topological polar surface area (TPSA) is 42.0 Å². The summed E-state index contributed by atoms with van der Waals surface area (Å²) in [7, 11) is 1.70. The van der Waals surface area contributed by atoms with Crippen molar-refractivity contribution in [3.8, 4) is 5.75 Å². The van der Waals surface area contributed by atoms with Crippen molar-refractivity contribution in [2.45, 2.75) is 25.3 Å². The van der Waals surface area contributed by atoms with Crippen molar-refractivity contribution in [3.05, 3.63) is 113 Å². The summed E-state index contributed by atoms with van der Waals surface area (Å²) in [5.74, 6) is 1.94. The number of carbonyl (C=O) groups is 1. The Morgan fingerprint density at radius 2 is 2.03 bits per heavy atom. The van der Waals surface area contributed by atoms with Crippen LogP contribution in [0.4, 0.5) is 0 Å². The molecule has 0 spiro atoms. The number of benzene rings is 2. The molecule has 2 aromatic rings. The Morgan fingerprint density at radius 1 is 1.15 bits per heavy atom. The first-order valence-corrected chi connectivity index (χ1v) is 11.4. The Kier molecular flexibility index (Phi) is 6.13. The zero-order chi connectivity index (χ0) is 22.6. The number of hydrogen-bond acceptors (Lipinski definition) is 4. The molecule has 2 aromatic carbocycles. The molecule has 0 N–H and O–H groups in total. The van der Waals surface area contributed by atoms with Gasteiger partial charge in [-0.1, -0.05) is 60.7 Å². The molecule has 5 rings (SSSR count). The molecule has 0 saturated heterocycles. The standard InChI is InChI=1S/C28H28N2O3/c1-32-26-12-6-9-22-13-14-29(18-25(22)26)20-28(31)30-15-16-33-27(19-30)24-11-5-10-23(17-24)21-7-3-2-4-8-21/h2-12,15-16,19,23H,13-14,17-18,20H2,1H3. The average Bonchev–Trinajstić information content (AvgIpc) is 2.89. The lowest BCUT2D eigenvalue weighted by atomic mass is 9.87. The van der Waals surface area contributed by atoms with Crippen molar-refractivity contribution in [2.75, 3.05) is 20.2 Å². The average molecular weight is 441 g/mol. The van der Waals surface area contributed by atoms with E-state index in [0.717, 1.165) is 36.5 Å². The third kappa shape index (κ3) is 4.64. The Hall–Kier alpha value is -3.57. The summed E-state index contributed by atoms with van der Waals surface area (Å²) < 4.78 is 11.3. The third-order valence-electron chi connectivity index (χ3n) is 6.47. The molecule has 0 bridgehead atoms. The maximum absolute atomic E-state index is 13.1. The van der Waals surface area contributed by atoms with Crippen LogP contribution in [-0.2, 0) is 22.5 Å². The molecule has 0 aromatic heterocycles. The number of methoxy groups -OCH3 is 1. The van der Waals surface area contributed by atoms with E-state index in [-0.39, 0.29) is 5.91 Å². The van der Waals surface area contributed by atoms with Gasteiger partial charge >= 0.3 is 0 Å². The molecule has 3 aliphatic rings. The molecule has 1 atom stereocenters. The second-order valence-corrected chi connectivity index (χ2v) is 8.55. The smallest absolute Gasteiger partial charge is 0.244 e. The van der Waals surface area contributed by atoms with E-state index in [1.165, 1.54) is 16.7 Å². The van der Waals surface area contributed by atoms with Crippen LogP contribution in [0, 0.1) is 0 Å². The second-order valence-electron chi connectivity index (χ2n) is 8.55. The molecule has 0 saturated carbocycles. The lowest BCUT2D eigenvalue weighted by Gasteiger charge is -2.31. The number of ether oxygens (including phenoxy) is 2. The van der Waals surface area contributed by atoms with Crippen LogP contribution < -0.4 is 4.74 Å². The molecule has 1 amide bonds. The largest absolute Gasteiger partial charge is 0.496 e. The molecule has 0 fully saturated rings. The number of hydrogen-bond donors (Lipinski definition) is 0. The Morgan fingerprint density at radius 3 is 2.88 bits per heavy atom. The van der Waals surface area contributed by atoms with Gasteiger partial charge in [0, 0.05) is 30.8 Å². The van der Waals surface area contributed by atoms with Crippen LogP contribution in [0.3, 0.4) is 0 Å². The summed E-state index contributed by atoms with van der Waals surface area (Å²) in [6.45, 7) is 1.91. The fraction of sp³-hybridized carbons (Fsp3) is 0.250. The molecule has 5 heteroatoms. The van der Waals surface area contributed by atoms with Gasteiger partial charge in [0.25, 0.3) is 0 Å². The minimum atomic E-state index is 0.0250. The van der Waals surface area contributed by atoms with E-state index < -0.39 is 0 Å². The van der Waals surface area contributed by atoms with Gasteiger partial charge in [-0.2, -0.15) is 0 Å². The molecule has 2 heterocycles. The molecular formula is C28H28N2O3. The van der Waals surface area contributed by atoms with Crippen LogP contribution in [0.5, 0.6) is 5.75 Å². The highest BCUT2D eigenvalue weighted by Crippen LogP contribution is 2.33. The van der Waals surface area contributed by atoms with Crippen LogP contribution in [0.2, 0.25) is 0 Å². The first-order valence-electron chi connectivity index (χ1n) is 11.4. The third-order valence-corrected chi connectivity index (χ3v) is 6.47. The summed E-state index contributed by atoms with van der Waals surface area (Å²) in [4.78, 5) is 16.9. The van der Waals surface area contributed by atoms with Gasteiger partial charge in [0.2, 0.25) is 5.91 Å². The maximum Gasteiger partial charge on any atom is 0.244 e. The Labute approximate surface area is 194 Å². The highest BCUT2D eigenvalue weighted by atomic mass is 16.5. The van der Waals surface area contributed by atoms with Gasteiger partial charge in [-0.25, -0.2) is 0 Å². The highest BCUT2D eigenvalue weighted by molar-refractivity contribution is 5.80. The monoisotopic (exact) mass is 440 g/mol. The van der Waals surface area contributed by atoms with Gasteiger partial charge in [0.1, 0.15) is 17.8 Å². The van der Waals surface area contributed by atoms with Crippen molar-refractivity contribution in [1.29, 1.82) is 0 Å². The molecule has 1 aliphatic carbocycles. The number of allylic oxidation sites excluding steroid dienone is 4. The zero-order valence-corrected chi connectivity index (χ0v) is 18.8. The van der Waals surface area contributed by atoms with Gasteiger partial charge in [0.15, 0.2) is 0 Å². The van der Waals surface area contributed by atoms with Crippen LogP contribution in [-0.4, -0.2) is 35.9 Å². The maximum atomic E-state index is 13.1. The minimum Gasteiger partial charge on any atom is -0.496 e. The Balaban J connectivity index is 1.26. The summed E-state index contributed by atoms with van der Waals surface area (Å²) in [5, 5.41) is 0. The fourth-order valence-corrected chi connectivity index (χ4v) is 4.68. The summed E-state index contributed by atoms with van der Waals surface area (Å²) >= 11 is 0. The first-order chi connectivity index (χ1) is 16.2. The number of rotatable bonds is 5. The van der Waals surface area contributed by atoms with Crippen molar-refractivity contribution < 1.29 is 14.3 Å². The van der Waals surface area contributed by atoms with Crippen molar-refractivity contribution in [1.82, 2.24) is 9.80 Å². The normalized spacial score (nSPS) is 19.9. The van der Waals surface area contributed by atoms with E-state index in [1.54, 1.807) is 24.5 Å². The molecule has 168 valence electrons. The van der Waals surface area contributed by atoms with Crippen LogP contribution >= 0.6 is 0 Å². The minimum absolute atomic E-state index is 0.0250. The summed E-state index contributed by atoms with van der Waals surface area (Å²) in [6.07, 6.45) is 13.2. The van der Waals surface area contributed by atoms with Crippen LogP contribution in [0.15, 0.2) is 96.8 Å². The zero-order valence-electron chi connectivity index (χ0n) is 18.8. The quantitative estimate of drug-likeness (QED) is 0.664. The lowest BCUT2D eigenvalue weighted by molar-refractivity contribution is -0.128. The molecule has 0 radical (unpaired) electrons. The second kappa shape index (κ2) is 9.51. The molecular weight excluding hydrogens is 412 g/mol. The van der Waals surface area contributed by atoms with E-state index in [2.05, 4.69) is 53.5 Å². The van der Waals surface area contributed by atoms with E-state index in [9.17, 15) is 4.79 Å². The lowest BCUT2D eigenvalue weighted by Crippen LogP contribution is -2.39. The van der Waals surface area contributed by atoms with E-state index in [0.29, 0.717) is 19.0 Å². The number of nitrogens with zero attached hydrogens (tertiary/aromatic N) is 2. The van der Waals surface area contributed by atoms with Gasteiger partial charge in [-0.15, -0.1) is 0 Å². The number of fused-ring (bicyclic) bond motifs is 1. The molecule has 33 heavy (non-hydrogen) atoms. The molecule has 5 nitrogen and oxygen atoms in total. The van der Waals surface area contributed by atoms with E-state index in [4.69, 9.17) is 9.47 Å². The Bertz CT molecular complexity index is 1130. The van der Waals surface area contributed by atoms with Crippen LogP contribution in [0.1, 0.15) is 29.0 Å². The van der Waals surface area contributed by atoms with E-state index in [1.807, 2.05) is 24.4 Å². The summed E-state index contributed by atoms with van der Waals surface area (Å²) in [6, 6.07) is 16.6. The van der Waals surface area contributed by atoms with Crippen molar-refractivity contribution in [3.63, 3.8) is 0 Å². The van der Waals surface area contributed by atoms with Crippen LogP contribution in [0.25, 0.3) is 0 Å². The van der Waals surface area contributed by atoms with Gasteiger partial charge < -0.3 is 9.47 Å². The van der Waals surface area contributed by atoms with Gasteiger partial charge in [-0.3, -0.25) is 14.6 Å². The summed E-state index contributed by atoms with van der Waals surface area (Å²) in [5.41, 5.74) is 4.85. The number of amides is 1. The first kappa shape index (κ1) is 21.3.